The lowest BCUT2D eigenvalue weighted by Gasteiger charge is -2.24. The Hall–Kier alpha value is -2.19. The third-order valence-corrected chi connectivity index (χ3v) is 3.73. The van der Waals surface area contributed by atoms with Crippen molar-refractivity contribution in [1.82, 2.24) is 4.98 Å². The van der Waals surface area contributed by atoms with Crippen LogP contribution in [-0.2, 0) is 5.60 Å². The van der Waals surface area contributed by atoms with Gasteiger partial charge in [0.2, 0.25) is 0 Å². The predicted molar refractivity (Wildman–Crippen MR) is 81.6 cm³/mol. The second-order valence-corrected chi connectivity index (χ2v) is 5.30. The molecule has 0 aliphatic heterocycles. The van der Waals surface area contributed by atoms with E-state index in [-0.39, 0.29) is 0 Å². The van der Waals surface area contributed by atoms with Crippen molar-refractivity contribution in [2.45, 2.75) is 19.4 Å². The molecule has 0 amide bonds. The van der Waals surface area contributed by atoms with Gasteiger partial charge in [-0.15, -0.1) is 0 Å². The summed E-state index contributed by atoms with van der Waals surface area (Å²) in [4.78, 5) is 4.49. The summed E-state index contributed by atoms with van der Waals surface area (Å²) in [5.74, 6) is 0. The highest BCUT2D eigenvalue weighted by atomic mass is 16.3. The maximum Gasteiger partial charge on any atom is 0.112 e. The number of nitrogens with zero attached hydrogens (tertiary/aromatic N) is 1. The average molecular weight is 263 g/mol. The number of hydrogen-bond acceptors (Lipinski definition) is 2. The number of aryl methyl sites for hydroxylation is 1. The number of fused-ring (bicyclic) bond motifs is 1. The lowest BCUT2D eigenvalue weighted by atomic mass is 9.87. The molecule has 1 unspecified atom stereocenters. The zero-order valence-corrected chi connectivity index (χ0v) is 11.7. The third kappa shape index (κ3) is 2.19. The Morgan fingerprint density at radius 3 is 2.40 bits per heavy atom. The molecule has 2 heteroatoms. The Morgan fingerprint density at radius 2 is 1.65 bits per heavy atom. The van der Waals surface area contributed by atoms with Crippen molar-refractivity contribution in [3.63, 3.8) is 0 Å². The second-order valence-electron chi connectivity index (χ2n) is 5.30. The Bertz CT molecular complexity index is 748. The largest absolute Gasteiger partial charge is 0.381 e. The first kappa shape index (κ1) is 12.8. The molecule has 0 aliphatic rings. The molecular formula is C18H17NO. The van der Waals surface area contributed by atoms with Gasteiger partial charge in [-0.2, -0.15) is 0 Å². The average Bonchev–Trinajstić information content (AvgIpc) is 2.47. The van der Waals surface area contributed by atoms with Crippen LogP contribution in [-0.4, -0.2) is 10.1 Å². The fraction of sp³-hybridized carbons (Fsp3) is 0.167. The molecule has 20 heavy (non-hydrogen) atoms. The van der Waals surface area contributed by atoms with E-state index in [0.29, 0.717) is 0 Å². The number of hydrogen-bond donors (Lipinski definition) is 1. The summed E-state index contributed by atoms with van der Waals surface area (Å²) in [6.07, 6.45) is 0. The van der Waals surface area contributed by atoms with Crippen LogP contribution in [0.1, 0.15) is 23.7 Å². The highest BCUT2D eigenvalue weighted by Crippen LogP contribution is 2.30. The van der Waals surface area contributed by atoms with Crippen LogP contribution in [0.4, 0.5) is 0 Å². The van der Waals surface area contributed by atoms with Gasteiger partial charge < -0.3 is 5.11 Å². The van der Waals surface area contributed by atoms with Crippen molar-refractivity contribution < 1.29 is 5.11 Å². The maximum atomic E-state index is 10.9. The van der Waals surface area contributed by atoms with Crippen LogP contribution in [0, 0.1) is 6.92 Å². The first-order chi connectivity index (χ1) is 9.57. The second kappa shape index (κ2) is 4.73. The molecule has 1 aromatic heterocycles. The molecule has 3 aromatic rings. The Labute approximate surface area is 118 Å². The fourth-order valence-corrected chi connectivity index (χ4v) is 2.46. The molecule has 0 saturated carbocycles. The van der Waals surface area contributed by atoms with E-state index >= 15 is 0 Å². The quantitative estimate of drug-likeness (QED) is 0.763. The molecule has 0 aliphatic carbocycles. The van der Waals surface area contributed by atoms with Crippen molar-refractivity contribution in [2.24, 2.45) is 0 Å². The highest BCUT2D eigenvalue weighted by Gasteiger charge is 2.25. The number of benzene rings is 2. The molecule has 3 rings (SSSR count). The van der Waals surface area contributed by atoms with E-state index < -0.39 is 5.60 Å². The zero-order chi connectivity index (χ0) is 14.2. The molecule has 2 nitrogen and oxygen atoms in total. The predicted octanol–water partition coefficient (Wildman–Crippen LogP) is 3.80. The van der Waals surface area contributed by atoms with E-state index in [4.69, 9.17) is 0 Å². The Morgan fingerprint density at radius 1 is 0.900 bits per heavy atom. The smallest absolute Gasteiger partial charge is 0.112 e. The normalized spacial score (nSPS) is 14.2. The summed E-state index contributed by atoms with van der Waals surface area (Å²) < 4.78 is 0. The summed E-state index contributed by atoms with van der Waals surface area (Å²) in [6.45, 7) is 3.80. The van der Waals surface area contributed by atoms with Gasteiger partial charge in [0.25, 0.3) is 0 Å². The number of rotatable bonds is 2. The minimum atomic E-state index is -1.000. The molecule has 0 fully saturated rings. The van der Waals surface area contributed by atoms with Gasteiger partial charge in [-0.3, -0.25) is 4.98 Å². The van der Waals surface area contributed by atoms with Crippen molar-refractivity contribution in [3.05, 3.63) is 77.5 Å². The number of aliphatic hydroxyl groups is 1. The van der Waals surface area contributed by atoms with Crippen LogP contribution in [0.2, 0.25) is 0 Å². The van der Waals surface area contributed by atoms with E-state index in [9.17, 15) is 5.11 Å². The molecule has 0 bridgehead atoms. The van der Waals surface area contributed by atoms with Crippen LogP contribution in [0.3, 0.4) is 0 Å². The van der Waals surface area contributed by atoms with Crippen molar-refractivity contribution in [1.29, 1.82) is 0 Å². The molecule has 1 heterocycles. The summed E-state index contributed by atoms with van der Waals surface area (Å²) in [7, 11) is 0. The maximum absolute atomic E-state index is 10.9. The first-order valence-electron chi connectivity index (χ1n) is 6.73. The first-order valence-corrected chi connectivity index (χ1v) is 6.73. The lowest BCUT2D eigenvalue weighted by Crippen LogP contribution is -2.22. The monoisotopic (exact) mass is 263 g/mol. The SMILES string of the molecule is Cc1ccc2cc(C(C)(O)c3ccccc3)ccc2n1. The van der Waals surface area contributed by atoms with Gasteiger partial charge in [-0.1, -0.05) is 42.5 Å². The minimum absolute atomic E-state index is 0.877. The van der Waals surface area contributed by atoms with Gasteiger partial charge >= 0.3 is 0 Å². The van der Waals surface area contributed by atoms with Crippen LogP contribution in [0.5, 0.6) is 0 Å². The molecule has 1 N–H and O–H groups in total. The van der Waals surface area contributed by atoms with Crippen LogP contribution < -0.4 is 0 Å². The molecule has 2 aromatic carbocycles. The third-order valence-electron chi connectivity index (χ3n) is 3.73. The Kier molecular flexibility index (Phi) is 3.03. The van der Waals surface area contributed by atoms with Gasteiger partial charge in [0.1, 0.15) is 5.60 Å². The minimum Gasteiger partial charge on any atom is -0.381 e. The standard InChI is InChI=1S/C18H17NO/c1-13-8-9-14-12-16(10-11-17(14)19-13)18(2,20)15-6-4-3-5-7-15/h3-12,20H,1-2H3. The van der Waals surface area contributed by atoms with Gasteiger partial charge in [-0.05, 0) is 43.2 Å². The number of pyridine rings is 1. The Balaban J connectivity index is 2.12. The lowest BCUT2D eigenvalue weighted by molar-refractivity contribution is 0.102. The van der Waals surface area contributed by atoms with E-state index in [1.54, 1.807) is 0 Å². The van der Waals surface area contributed by atoms with Crippen LogP contribution in [0.15, 0.2) is 60.7 Å². The van der Waals surface area contributed by atoms with E-state index in [2.05, 4.69) is 4.98 Å². The molecular weight excluding hydrogens is 246 g/mol. The topological polar surface area (TPSA) is 33.1 Å². The van der Waals surface area contributed by atoms with Gasteiger partial charge in [-0.25, -0.2) is 0 Å². The molecule has 1 atom stereocenters. The summed E-state index contributed by atoms with van der Waals surface area (Å²) in [5.41, 5.74) is 2.72. The van der Waals surface area contributed by atoms with Gasteiger partial charge in [0.05, 0.1) is 5.52 Å². The van der Waals surface area contributed by atoms with Crippen molar-refractivity contribution >= 4 is 10.9 Å². The molecule has 0 spiro atoms. The highest BCUT2D eigenvalue weighted by molar-refractivity contribution is 5.79. The summed E-state index contributed by atoms with van der Waals surface area (Å²) in [6, 6.07) is 19.7. The summed E-state index contributed by atoms with van der Waals surface area (Å²) >= 11 is 0. The van der Waals surface area contributed by atoms with Crippen LogP contribution >= 0.6 is 0 Å². The van der Waals surface area contributed by atoms with Gasteiger partial charge in [0, 0.05) is 11.1 Å². The van der Waals surface area contributed by atoms with E-state index in [1.165, 1.54) is 0 Å². The van der Waals surface area contributed by atoms with Gasteiger partial charge in [0.15, 0.2) is 0 Å². The zero-order valence-electron chi connectivity index (χ0n) is 11.7. The van der Waals surface area contributed by atoms with Crippen molar-refractivity contribution in [2.75, 3.05) is 0 Å². The van der Waals surface area contributed by atoms with E-state index in [0.717, 1.165) is 27.7 Å². The number of aromatic nitrogens is 1. The summed E-state index contributed by atoms with van der Waals surface area (Å²) in [5, 5.41) is 11.9. The van der Waals surface area contributed by atoms with E-state index in [1.807, 2.05) is 74.5 Å². The van der Waals surface area contributed by atoms with Crippen molar-refractivity contribution in [3.8, 4) is 0 Å². The molecule has 0 radical (unpaired) electrons. The fourth-order valence-electron chi connectivity index (χ4n) is 2.46. The molecule has 0 saturated heterocycles. The molecule has 100 valence electrons. The van der Waals surface area contributed by atoms with Crippen LogP contribution in [0.25, 0.3) is 10.9 Å².